The maximum atomic E-state index is 13.8. The van der Waals surface area contributed by atoms with Crippen LogP contribution in [0.25, 0.3) is 11.1 Å². The first kappa shape index (κ1) is 27.6. The van der Waals surface area contributed by atoms with E-state index < -0.39 is 39.7 Å². The molecule has 1 aromatic heterocycles. The maximum absolute atomic E-state index is 13.8. The van der Waals surface area contributed by atoms with Crippen molar-refractivity contribution >= 4 is 15.9 Å². The van der Waals surface area contributed by atoms with Gasteiger partial charge in [-0.3, -0.25) is 4.79 Å². The minimum Gasteiger partial charge on any atom is -0.472 e. The standard InChI is InChI=1S/C27H29F2N3O5S/c1-17-14-32(18(2)16-33)27(34)24-12-20(19-5-4-6-22(29)11-19)13-30-26(24)37-25(17)15-31(3)38(35,36)23-9-7-21(28)8-10-23/h4-13,17-18,25,33H,14-16H2,1-3H3/t17-,18+,25-/m0/s1. The van der Waals surface area contributed by atoms with Gasteiger partial charge in [0.15, 0.2) is 0 Å². The highest BCUT2D eigenvalue weighted by atomic mass is 32.2. The second kappa shape index (κ2) is 11.1. The summed E-state index contributed by atoms with van der Waals surface area (Å²) in [6, 6.07) is 11.4. The zero-order valence-electron chi connectivity index (χ0n) is 21.2. The summed E-state index contributed by atoms with van der Waals surface area (Å²) in [7, 11) is -2.56. The number of hydrogen-bond acceptors (Lipinski definition) is 6. The van der Waals surface area contributed by atoms with Gasteiger partial charge in [0.25, 0.3) is 5.91 Å². The SMILES string of the molecule is C[C@H](CO)N1C[C@H](C)[C@H](CN(C)S(=O)(=O)c2ccc(F)cc2)Oc2ncc(-c3cccc(F)c3)cc2C1=O. The lowest BCUT2D eigenvalue weighted by molar-refractivity contribution is 0.0373. The molecule has 0 bridgehead atoms. The highest BCUT2D eigenvalue weighted by Crippen LogP contribution is 2.31. The average molecular weight is 546 g/mol. The first-order valence-electron chi connectivity index (χ1n) is 12.1. The molecule has 0 fully saturated rings. The maximum Gasteiger partial charge on any atom is 0.259 e. The third-order valence-corrected chi connectivity index (χ3v) is 8.48. The fourth-order valence-corrected chi connectivity index (χ4v) is 5.47. The molecule has 0 spiro atoms. The molecule has 0 aliphatic carbocycles. The molecule has 4 rings (SSSR count). The Morgan fingerprint density at radius 2 is 1.84 bits per heavy atom. The summed E-state index contributed by atoms with van der Waals surface area (Å²) in [6.07, 6.45) is 0.742. The van der Waals surface area contributed by atoms with E-state index in [0.717, 1.165) is 16.4 Å². The Balaban J connectivity index is 1.71. The van der Waals surface area contributed by atoms with Crippen LogP contribution in [0.4, 0.5) is 8.78 Å². The predicted molar refractivity (Wildman–Crippen MR) is 137 cm³/mol. The number of ether oxygens (including phenoxy) is 1. The molecule has 3 atom stereocenters. The van der Waals surface area contributed by atoms with Crippen LogP contribution in [0, 0.1) is 17.6 Å². The number of aliphatic hydroxyl groups is 1. The van der Waals surface area contributed by atoms with Crippen molar-refractivity contribution in [1.29, 1.82) is 0 Å². The van der Waals surface area contributed by atoms with E-state index in [4.69, 9.17) is 4.74 Å². The molecular formula is C27H29F2N3O5S. The van der Waals surface area contributed by atoms with Crippen LogP contribution in [-0.4, -0.2) is 72.5 Å². The summed E-state index contributed by atoms with van der Waals surface area (Å²) < 4.78 is 60.7. The van der Waals surface area contributed by atoms with Crippen molar-refractivity contribution in [1.82, 2.24) is 14.2 Å². The molecule has 202 valence electrons. The van der Waals surface area contributed by atoms with Crippen molar-refractivity contribution in [3.63, 3.8) is 0 Å². The first-order valence-corrected chi connectivity index (χ1v) is 13.5. The monoisotopic (exact) mass is 545 g/mol. The fourth-order valence-electron chi connectivity index (χ4n) is 4.28. The van der Waals surface area contributed by atoms with Gasteiger partial charge in [0.1, 0.15) is 23.3 Å². The highest BCUT2D eigenvalue weighted by Gasteiger charge is 2.36. The lowest BCUT2D eigenvalue weighted by Crippen LogP contribution is -2.50. The van der Waals surface area contributed by atoms with Crippen molar-refractivity contribution in [3.05, 3.63) is 78.0 Å². The van der Waals surface area contributed by atoms with Gasteiger partial charge in [-0.2, -0.15) is 4.31 Å². The molecule has 8 nitrogen and oxygen atoms in total. The summed E-state index contributed by atoms with van der Waals surface area (Å²) >= 11 is 0. The number of sulfonamides is 1. The molecule has 11 heteroatoms. The Kier molecular flexibility index (Phi) is 8.10. The average Bonchev–Trinajstić information content (AvgIpc) is 2.90. The molecule has 2 heterocycles. The highest BCUT2D eigenvalue weighted by molar-refractivity contribution is 7.89. The number of likely N-dealkylation sites (N-methyl/N-ethyl adjacent to an activating group) is 1. The summed E-state index contributed by atoms with van der Waals surface area (Å²) in [5, 5.41) is 9.83. The smallest absolute Gasteiger partial charge is 0.259 e. The van der Waals surface area contributed by atoms with Crippen LogP contribution >= 0.6 is 0 Å². The van der Waals surface area contributed by atoms with Gasteiger partial charge >= 0.3 is 0 Å². The molecule has 1 aliphatic heterocycles. The predicted octanol–water partition coefficient (Wildman–Crippen LogP) is 3.57. The number of aromatic nitrogens is 1. The first-order chi connectivity index (χ1) is 18.0. The molecule has 0 saturated heterocycles. The van der Waals surface area contributed by atoms with Crippen LogP contribution in [-0.2, 0) is 10.0 Å². The summed E-state index contributed by atoms with van der Waals surface area (Å²) in [5.41, 5.74) is 1.14. The molecule has 38 heavy (non-hydrogen) atoms. The number of hydrogen-bond donors (Lipinski definition) is 1. The zero-order chi connectivity index (χ0) is 27.6. The van der Waals surface area contributed by atoms with Gasteiger partial charge in [0, 0.05) is 31.3 Å². The van der Waals surface area contributed by atoms with Crippen molar-refractivity contribution in [2.75, 3.05) is 26.7 Å². The second-order valence-electron chi connectivity index (χ2n) is 9.45. The third kappa shape index (κ3) is 5.69. The number of fused-ring (bicyclic) bond motifs is 1. The fraction of sp³-hybridized carbons (Fsp3) is 0.333. The van der Waals surface area contributed by atoms with Gasteiger partial charge in [-0.25, -0.2) is 22.2 Å². The number of benzene rings is 2. The van der Waals surface area contributed by atoms with E-state index >= 15 is 0 Å². The Hall–Kier alpha value is -3.41. The molecule has 0 radical (unpaired) electrons. The van der Waals surface area contributed by atoms with Crippen molar-refractivity contribution in [3.8, 4) is 17.0 Å². The normalized spacial score (nSPS) is 18.9. The number of halogens is 2. The number of carbonyl (C=O) groups excluding carboxylic acids is 1. The van der Waals surface area contributed by atoms with Crippen LogP contribution < -0.4 is 4.74 Å². The zero-order valence-corrected chi connectivity index (χ0v) is 22.0. The molecular weight excluding hydrogens is 516 g/mol. The quantitative estimate of drug-likeness (QED) is 0.487. The Morgan fingerprint density at radius 1 is 1.13 bits per heavy atom. The van der Waals surface area contributed by atoms with Crippen LogP contribution in [0.15, 0.2) is 65.7 Å². The molecule has 0 unspecified atom stereocenters. The van der Waals surface area contributed by atoms with Crippen LogP contribution in [0.2, 0.25) is 0 Å². The minimum absolute atomic E-state index is 0.00873. The van der Waals surface area contributed by atoms with Crippen LogP contribution in [0.1, 0.15) is 24.2 Å². The van der Waals surface area contributed by atoms with E-state index in [1.54, 1.807) is 25.1 Å². The van der Waals surface area contributed by atoms with E-state index in [-0.39, 0.29) is 42.0 Å². The van der Waals surface area contributed by atoms with Gasteiger partial charge < -0.3 is 14.7 Å². The Bertz CT molecular complexity index is 1420. The Morgan fingerprint density at radius 3 is 2.50 bits per heavy atom. The number of pyridine rings is 1. The van der Waals surface area contributed by atoms with Gasteiger partial charge in [0.2, 0.25) is 15.9 Å². The van der Waals surface area contributed by atoms with Crippen LogP contribution in [0.3, 0.4) is 0 Å². The van der Waals surface area contributed by atoms with E-state index in [1.165, 1.54) is 42.4 Å². The number of amides is 1. The summed E-state index contributed by atoms with van der Waals surface area (Å²) in [6.45, 7) is 3.34. The number of nitrogens with zero attached hydrogens (tertiary/aromatic N) is 3. The van der Waals surface area contributed by atoms with E-state index in [9.17, 15) is 27.1 Å². The largest absolute Gasteiger partial charge is 0.472 e. The van der Waals surface area contributed by atoms with Gasteiger partial charge in [0.05, 0.1) is 24.1 Å². The lowest BCUT2D eigenvalue weighted by atomic mass is 9.99. The van der Waals surface area contributed by atoms with E-state index in [0.29, 0.717) is 11.1 Å². The summed E-state index contributed by atoms with van der Waals surface area (Å²) in [4.78, 5) is 19.4. The van der Waals surface area contributed by atoms with Gasteiger partial charge in [-0.15, -0.1) is 0 Å². The molecule has 3 aromatic rings. The van der Waals surface area contributed by atoms with Gasteiger partial charge in [-0.1, -0.05) is 19.1 Å². The number of carbonyl (C=O) groups is 1. The van der Waals surface area contributed by atoms with E-state index in [2.05, 4.69) is 4.98 Å². The molecule has 1 N–H and O–H groups in total. The van der Waals surface area contributed by atoms with Crippen molar-refractivity contribution in [2.45, 2.75) is 30.9 Å². The molecule has 1 aliphatic rings. The summed E-state index contributed by atoms with van der Waals surface area (Å²) in [5.74, 6) is -1.74. The Labute approximate surface area is 220 Å². The molecule has 2 aromatic carbocycles. The molecule has 0 saturated carbocycles. The lowest BCUT2D eigenvalue weighted by Gasteiger charge is -2.37. The minimum atomic E-state index is -3.96. The van der Waals surface area contributed by atoms with E-state index in [1.807, 2.05) is 6.92 Å². The second-order valence-corrected chi connectivity index (χ2v) is 11.5. The van der Waals surface area contributed by atoms with Crippen molar-refractivity contribution < 1.29 is 31.8 Å². The number of aliphatic hydroxyl groups excluding tert-OH is 1. The van der Waals surface area contributed by atoms with Gasteiger partial charge in [-0.05, 0) is 55.0 Å². The topological polar surface area (TPSA) is 100 Å². The molecule has 1 amide bonds. The van der Waals surface area contributed by atoms with Crippen LogP contribution in [0.5, 0.6) is 5.88 Å². The number of rotatable bonds is 7. The van der Waals surface area contributed by atoms with Crippen molar-refractivity contribution in [2.24, 2.45) is 5.92 Å². The third-order valence-electron chi connectivity index (χ3n) is 6.64.